The highest BCUT2D eigenvalue weighted by molar-refractivity contribution is 5.15. The summed E-state index contributed by atoms with van der Waals surface area (Å²) in [4.78, 5) is 11.2. The van der Waals surface area contributed by atoms with Crippen molar-refractivity contribution in [3.05, 3.63) is 60.0 Å². The summed E-state index contributed by atoms with van der Waals surface area (Å²) in [6, 6.07) is 4.06. The van der Waals surface area contributed by atoms with Crippen LogP contribution in [-0.2, 0) is 32.5 Å². The van der Waals surface area contributed by atoms with E-state index in [0.717, 1.165) is 69.5 Å². The van der Waals surface area contributed by atoms with Gasteiger partial charge in [-0.15, -0.1) is 10.2 Å². The summed E-state index contributed by atoms with van der Waals surface area (Å²) in [6.07, 6.45) is 10.5. The topological polar surface area (TPSA) is 64.7 Å². The Morgan fingerprint density at radius 2 is 2.04 bits per heavy atom. The van der Waals surface area contributed by atoms with E-state index in [1.165, 1.54) is 5.56 Å². The maximum Gasteiger partial charge on any atom is 0.137 e. The summed E-state index contributed by atoms with van der Waals surface area (Å²) in [5.74, 6) is 3.27. The third kappa shape index (κ3) is 3.67. The average molecular weight is 351 g/mol. The normalized spacial score (nSPS) is 15.0. The fourth-order valence-electron chi connectivity index (χ4n) is 3.54. The number of nitrogens with zero attached hydrogens (tertiary/aromatic N) is 7. The molecular formula is C19H25N7. The van der Waals surface area contributed by atoms with Gasteiger partial charge in [-0.3, -0.25) is 9.88 Å². The van der Waals surface area contributed by atoms with Crippen LogP contribution < -0.4 is 0 Å². The number of imidazole rings is 1. The van der Waals surface area contributed by atoms with E-state index in [4.69, 9.17) is 0 Å². The van der Waals surface area contributed by atoms with Crippen LogP contribution in [0.25, 0.3) is 0 Å². The first-order valence-electron chi connectivity index (χ1n) is 9.35. The van der Waals surface area contributed by atoms with E-state index in [-0.39, 0.29) is 0 Å². The van der Waals surface area contributed by atoms with Crippen molar-refractivity contribution in [2.45, 2.75) is 45.8 Å². The number of aromatic nitrogens is 6. The van der Waals surface area contributed by atoms with Crippen molar-refractivity contribution >= 4 is 0 Å². The zero-order valence-electron chi connectivity index (χ0n) is 15.3. The van der Waals surface area contributed by atoms with Gasteiger partial charge in [0, 0.05) is 63.8 Å². The maximum atomic E-state index is 4.55. The molecule has 1 aliphatic rings. The highest BCUT2D eigenvalue weighted by atomic mass is 15.3. The molecule has 1 aliphatic heterocycles. The second kappa shape index (κ2) is 7.78. The quantitative estimate of drug-likeness (QED) is 0.679. The van der Waals surface area contributed by atoms with Gasteiger partial charge in [-0.25, -0.2) is 4.98 Å². The van der Waals surface area contributed by atoms with Gasteiger partial charge in [0.05, 0.1) is 6.54 Å². The molecule has 0 saturated carbocycles. The van der Waals surface area contributed by atoms with E-state index in [1.807, 2.05) is 18.5 Å². The molecule has 0 aliphatic carbocycles. The summed E-state index contributed by atoms with van der Waals surface area (Å²) in [5.41, 5.74) is 1.17. The Balaban J connectivity index is 1.43. The lowest BCUT2D eigenvalue weighted by Gasteiger charge is -2.19. The largest absolute Gasteiger partial charge is 0.334 e. The Labute approximate surface area is 153 Å². The van der Waals surface area contributed by atoms with Crippen LogP contribution in [-0.4, -0.2) is 47.3 Å². The molecule has 0 saturated heterocycles. The van der Waals surface area contributed by atoms with E-state index in [1.54, 1.807) is 6.20 Å². The smallest absolute Gasteiger partial charge is 0.137 e. The molecule has 0 spiro atoms. The minimum Gasteiger partial charge on any atom is -0.334 e. The van der Waals surface area contributed by atoms with Crippen LogP contribution in [0, 0.1) is 0 Å². The first kappa shape index (κ1) is 16.9. The van der Waals surface area contributed by atoms with Crippen LogP contribution in [0.3, 0.4) is 0 Å². The van der Waals surface area contributed by atoms with Gasteiger partial charge in [0.25, 0.3) is 0 Å². The van der Waals surface area contributed by atoms with Crippen molar-refractivity contribution in [2.24, 2.45) is 0 Å². The number of aryl methyl sites for hydroxylation is 1. The van der Waals surface area contributed by atoms with Crippen molar-refractivity contribution in [3.8, 4) is 0 Å². The minimum absolute atomic E-state index is 0.780. The fourth-order valence-corrected chi connectivity index (χ4v) is 3.54. The second-order valence-electron chi connectivity index (χ2n) is 6.79. The molecule has 0 unspecified atom stereocenters. The summed E-state index contributed by atoms with van der Waals surface area (Å²) in [6.45, 7) is 7.03. The van der Waals surface area contributed by atoms with Gasteiger partial charge in [-0.2, -0.15) is 0 Å². The molecule has 0 atom stereocenters. The van der Waals surface area contributed by atoms with Gasteiger partial charge < -0.3 is 9.13 Å². The standard InChI is InChI=1S/C19H25N7/c1-2-8-25-10-7-21-19(25)15-24-9-5-17-22-23-18(26(17)12-11-24)13-16-4-3-6-20-14-16/h3-4,6-7,10,14H,2,5,8-9,11-13,15H2,1H3. The number of fused-ring (bicyclic) bond motifs is 1. The highest BCUT2D eigenvalue weighted by Crippen LogP contribution is 2.14. The predicted molar refractivity (Wildman–Crippen MR) is 98.6 cm³/mol. The van der Waals surface area contributed by atoms with Gasteiger partial charge in [-0.05, 0) is 18.1 Å². The maximum absolute atomic E-state index is 4.55. The van der Waals surface area contributed by atoms with Gasteiger partial charge >= 0.3 is 0 Å². The van der Waals surface area contributed by atoms with Crippen molar-refractivity contribution in [3.63, 3.8) is 0 Å². The first-order valence-corrected chi connectivity index (χ1v) is 9.35. The Morgan fingerprint density at radius 1 is 1.08 bits per heavy atom. The molecule has 3 aromatic heterocycles. The molecule has 4 rings (SSSR count). The van der Waals surface area contributed by atoms with Crippen molar-refractivity contribution in [1.29, 1.82) is 0 Å². The number of hydrogen-bond acceptors (Lipinski definition) is 5. The van der Waals surface area contributed by atoms with Gasteiger partial charge in [0.1, 0.15) is 17.5 Å². The molecule has 7 nitrogen and oxygen atoms in total. The van der Waals surface area contributed by atoms with Crippen LogP contribution in [0.2, 0.25) is 0 Å². The van der Waals surface area contributed by atoms with Crippen LogP contribution in [0.15, 0.2) is 36.9 Å². The minimum atomic E-state index is 0.780. The van der Waals surface area contributed by atoms with Crippen molar-refractivity contribution < 1.29 is 0 Å². The Bertz CT molecular complexity index is 837. The molecular weight excluding hydrogens is 326 g/mol. The lowest BCUT2D eigenvalue weighted by atomic mass is 10.2. The second-order valence-corrected chi connectivity index (χ2v) is 6.79. The Morgan fingerprint density at radius 3 is 2.88 bits per heavy atom. The third-order valence-electron chi connectivity index (χ3n) is 4.91. The van der Waals surface area contributed by atoms with Crippen LogP contribution in [0.4, 0.5) is 0 Å². The molecule has 0 amide bonds. The predicted octanol–water partition coefficient (Wildman–Crippen LogP) is 1.93. The number of hydrogen-bond donors (Lipinski definition) is 0. The van der Waals surface area contributed by atoms with Crippen LogP contribution in [0.1, 0.15) is 36.4 Å². The monoisotopic (exact) mass is 351 g/mol. The molecule has 0 aromatic carbocycles. The number of pyridine rings is 1. The zero-order chi connectivity index (χ0) is 17.8. The van der Waals surface area contributed by atoms with E-state index < -0.39 is 0 Å². The molecule has 0 radical (unpaired) electrons. The SMILES string of the molecule is CCCn1ccnc1CN1CCc2nnc(Cc3cccnc3)n2CC1. The highest BCUT2D eigenvalue weighted by Gasteiger charge is 2.20. The Hall–Kier alpha value is -2.54. The van der Waals surface area contributed by atoms with Crippen LogP contribution >= 0.6 is 0 Å². The molecule has 7 heteroatoms. The van der Waals surface area contributed by atoms with Gasteiger partial charge in [0.2, 0.25) is 0 Å². The first-order chi connectivity index (χ1) is 12.8. The zero-order valence-corrected chi connectivity index (χ0v) is 15.3. The van der Waals surface area contributed by atoms with Crippen molar-refractivity contribution in [2.75, 3.05) is 13.1 Å². The van der Waals surface area contributed by atoms with E-state index in [9.17, 15) is 0 Å². The molecule has 0 fully saturated rings. The molecule has 3 aromatic rings. The lowest BCUT2D eigenvalue weighted by Crippen LogP contribution is -2.28. The molecule has 0 N–H and O–H groups in total. The molecule has 4 heterocycles. The van der Waals surface area contributed by atoms with Crippen LogP contribution in [0.5, 0.6) is 0 Å². The van der Waals surface area contributed by atoms with E-state index in [0.29, 0.717) is 0 Å². The average Bonchev–Trinajstić information content (AvgIpc) is 3.19. The third-order valence-corrected chi connectivity index (χ3v) is 4.91. The summed E-state index contributed by atoms with van der Waals surface area (Å²) >= 11 is 0. The summed E-state index contributed by atoms with van der Waals surface area (Å²) in [5, 5.41) is 8.86. The fraction of sp³-hybridized carbons (Fsp3) is 0.474. The van der Waals surface area contributed by atoms with Crippen molar-refractivity contribution in [1.82, 2.24) is 34.2 Å². The van der Waals surface area contributed by atoms with Gasteiger partial charge in [-0.1, -0.05) is 13.0 Å². The van der Waals surface area contributed by atoms with Gasteiger partial charge in [0.15, 0.2) is 0 Å². The molecule has 26 heavy (non-hydrogen) atoms. The molecule has 136 valence electrons. The van der Waals surface area contributed by atoms with E-state index in [2.05, 4.69) is 53.4 Å². The van der Waals surface area contributed by atoms with E-state index >= 15 is 0 Å². The Kier molecular flexibility index (Phi) is 5.06. The number of rotatable bonds is 6. The molecule has 0 bridgehead atoms. The summed E-state index contributed by atoms with van der Waals surface area (Å²) in [7, 11) is 0. The summed E-state index contributed by atoms with van der Waals surface area (Å²) < 4.78 is 4.55. The lowest BCUT2D eigenvalue weighted by molar-refractivity contribution is 0.259.